The molecule has 6 nitrogen and oxygen atoms in total. The Morgan fingerprint density at radius 2 is 1.90 bits per heavy atom. The van der Waals surface area contributed by atoms with E-state index < -0.39 is 0 Å². The van der Waals surface area contributed by atoms with Gasteiger partial charge >= 0.3 is 0 Å². The third-order valence-corrected chi connectivity index (χ3v) is 6.89. The van der Waals surface area contributed by atoms with Crippen LogP contribution < -0.4 is 10.2 Å². The first kappa shape index (κ1) is 23.7. The van der Waals surface area contributed by atoms with Crippen molar-refractivity contribution in [3.63, 3.8) is 0 Å². The average molecular weight is 444 g/mol. The van der Waals surface area contributed by atoms with Gasteiger partial charge in [-0.2, -0.15) is 4.37 Å². The fraction of sp³-hybridized carbons (Fsp3) is 0.625. The van der Waals surface area contributed by atoms with Crippen molar-refractivity contribution in [2.24, 2.45) is 5.92 Å². The van der Waals surface area contributed by atoms with Crippen LogP contribution in [0.25, 0.3) is 0 Å². The molecule has 1 aromatic heterocycles. The lowest BCUT2D eigenvalue weighted by Gasteiger charge is -2.34. The molecule has 0 radical (unpaired) electrons. The minimum absolute atomic E-state index is 0.170. The van der Waals surface area contributed by atoms with Crippen LogP contribution in [0, 0.1) is 12.8 Å². The number of aromatic nitrogens is 2. The van der Waals surface area contributed by atoms with E-state index in [2.05, 4.69) is 64.5 Å². The van der Waals surface area contributed by atoms with Crippen molar-refractivity contribution in [3.8, 4) is 0 Å². The first-order valence-electron chi connectivity index (χ1n) is 11.7. The molecule has 1 aromatic carbocycles. The highest BCUT2D eigenvalue weighted by atomic mass is 32.1. The van der Waals surface area contributed by atoms with E-state index in [1.807, 2.05) is 0 Å². The molecule has 0 aliphatic carbocycles. The van der Waals surface area contributed by atoms with Crippen molar-refractivity contribution in [1.82, 2.24) is 19.6 Å². The number of anilines is 1. The number of nitrogens with zero attached hydrogens (tertiary/aromatic N) is 4. The van der Waals surface area contributed by atoms with Crippen LogP contribution in [0.3, 0.4) is 0 Å². The Morgan fingerprint density at radius 1 is 1.16 bits per heavy atom. The minimum Gasteiger partial charge on any atom is -0.355 e. The van der Waals surface area contributed by atoms with Crippen LogP contribution in [0.1, 0.15) is 56.5 Å². The average Bonchev–Trinajstić information content (AvgIpc) is 3.25. The van der Waals surface area contributed by atoms with Crippen molar-refractivity contribution < 1.29 is 4.79 Å². The van der Waals surface area contributed by atoms with E-state index in [0.717, 1.165) is 82.3 Å². The van der Waals surface area contributed by atoms with E-state index in [1.54, 1.807) is 0 Å². The van der Waals surface area contributed by atoms with Gasteiger partial charge in [-0.25, -0.2) is 4.98 Å². The second-order valence-corrected chi connectivity index (χ2v) is 9.25. The molecule has 2 aromatic rings. The van der Waals surface area contributed by atoms with Gasteiger partial charge in [0.25, 0.3) is 0 Å². The normalized spacial score (nSPS) is 15.8. The zero-order valence-electron chi connectivity index (χ0n) is 19.3. The number of benzene rings is 1. The fourth-order valence-electron chi connectivity index (χ4n) is 3.95. The van der Waals surface area contributed by atoms with Crippen molar-refractivity contribution in [2.45, 2.75) is 52.9 Å². The number of piperazine rings is 1. The number of unbranched alkanes of at least 4 members (excludes halogenated alkanes) is 1. The summed E-state index contributed by atoms with van der Waals surface area (Å²) in [6.07, 6.45) is 5.00. The number of carbonyl (C=O) groups excluding carboxylic acids is 1. The smallest absolute Gasteiger partial charge is 0.223 e. The first-order valence-corrected chi connectivity index (χ1v) is 12.5. The zero-order valence-corrected chi connectivity index (χ0v) is 20.1. The molecular weight excluding hydrogens is 406 g/mol. The summed E-state index contributed by atoms with van der Waals surface area (Å²) in [5, 5.41) is 4.17. The van der Waals surface area contributed by atoms with E-state index in [4.69, 9.17) is 4.98 Å². The summed E-state index contributed by atoms with van der Waals surface area (Å²) in [7, 11) is 0. The Balaban J connectivity index is 1.38. The third kappa shape index (κ3) is 7.28. The summed E-state index contributed by atoms with van der Waals surface area (Å²) in [5.41, 5.74) is 2.52. The highest BCUT2D eigenvalue weighted by Crippen LogP contribution is 2.20. The predicted octanol–water partition coefficient (Wildman–Crippen LogP) is 3.89. The predicted molar refractivity (Wildman–Crippen MR) is 129 cm³/mol. The Kier molecular flexibility index (Phi) is 9.28. The Morgan fingerprint density at radius 3 is 2.58 bits per heavy atom. The van der Waals surface area contributed by atoms with E-state index >= 15 is 0 Å². The number of amides is 1. The molecule has 1 amide bonds. The number of rotatable bonds is 11. The van der Waals surface area contributed by atoms with E-state index in [1.165, 1.54) is 22.7 Å². The second kappa shape index (κ2) is 12.2. The Labute approximate surface area is 191 Å². The zero-order chi connectivity index (χ0) is 22.1. The monoisotopic (exact) mass is 443 g/mol. The largest absolute Gasteiger partial charge is 0.355 e. The standard InChI is InChI=1S/C24H37N5OS/c1-4-6-7-21(5-2)23(30)25-12-13-28-14-16-29(17-15-28)24-26-22(27-31-24)18-20-10-8-19(3)9-11-20/h8-11,21H,4-7,12-18H2,1-3H3,(H,25,30). The lowest BCUT2D eigenvalue weighted by Crippen LogP contribution is -2.48. The second-order valence-electron chi connectivity index (χ2n) is 8.52. The third-order valence-electron chi connectivity index (χ3n) is 6.08. The molecule has 1 saturated heterocycles. The number of hydrogen-bond acceptors (Lipinski definition) is 6. The molecule has 1 aliphatic heterocycles. The molecule has 31 heavy (non-hydrogen) atoms. The molecule has 1 unspecified atom stereocenters. The molecule has 7 heteroatoms. The van der Waals surface area contributed by atoms with Gasteiger partial charge in [0.05, 0.1) is 0 Å². The van der Waals surface area contributed by atoms with E-state index in [9.17, 15) is 4.79 Å². The molecule has 1 aliphatic rings. The van der Waals surface area contributed by atoms with Crippen molar-refractivity contribution in [3.05, 3.63) is 41.2 Å². The van der Waals surface area contributed by atoms with Crippen molar-refractivity contribution in [2.75, 3.05) is 44.2 Å². The van der Waals surface area contributed by atoms with Gasteiger partial charge in [0, 0.05) is 63.1 Å². The summed E-state index contributed by atoms with van der Waals surface area (Å²) >= 11 is 1.50. The molecule has 0 spiro atoms. The van der Waals surface area contributed by atoms with Gasteiger partial charge in [-0.15, -0.1) is 0 Å². The maximum absolute atomic E-state index is 12.4. The summed E-state index contributed by atoms with van der Waals surface area (Å²) in [4.78, 5) is 21.9. The summed E-state index contributed by atoms with van der Waals surface area (Å²) in [6.45, 7) is 12.0. The molecule has 1 atom stereocenters. The van der Waals surface area contributed by atoms with Crippen LogP contribution in [0.15, 0.2) is 24.3 Å². The van der Waals surface area contributed by atoms with E-state index in [-0.39, 0.29) is 11.8 Å². The van der Waals surface area contributed by atoms with Gasteiger partial charge in [-0.1, -0.05) is 56.5 Å². The highest BCUT2D eigenvalue weighted by molar-refractivity contribution is 7.09. The molecule has 0 bridgehead atoms. The van der Waals surface area contributed by atoms with Gasteiger partial charge in [0.1, 0.15) is 5.82 Å². The van der Waals surface area contributed by atoms with Crippen molar-refractivity contribution >= 4 is 22.6 Å². The van der Waals surface area contributed by atoms with Gasteiger partial charge in [0.2, 0.25) is 11.0 Å². The fourth-order valence-corrected chi connectivity index (χ4v) is 4.69. The number of carbonyl (C=O) groups is 1. The highest BCUT2D eigenvalue weighted by Gasteiger charge is 2.21. The molecule has 1 fully saturated rings. The molecule has 3 rings (SSSR count). The molecule has 170 valence electrons. The Bertz CT molecular complexity index is 799. The topological polar surface area (TPSA) is 61.4 Å². The lowest BCUT2D eigenvalue weighted by atomic mass is 9.98. The first-order chi connectivity index (χ1) is 15.1. The van der Waals surface area contributed by atoms with Crippen LogP contribution >= 0.6 is 11.5 Å². The van der Waals surface area contributed by atoms with E-state index in [0.29, 0.717) is 0 Å². The SMILES string of the molecule is CCCCC(CC)C(=O)NCCN1CCN(c2nc(Cc3ccc(C)cc3)ns2)CC1. The quantitative estimate of drug-likeness (QED) is 0.571. The number of aryl methyl sites for hydroxylation is 1. The van der Waals surface area contributed by atoms with Crippen LogP contribution in [-0.2, 0) is 11.2 Å². The number of nitrogens with one attached hydrogen (secondary N) is 1. The van der Waals surface area contributed by atoms with Gasteiger partial charge < -0.3 is 10.2 Å². The van der Waals surface area contributed by atoms with Crippen molar-refractivity contribution in [1.29, 1.82) is 0 Å². The van der Waals surface area contributed by atoms with Gasteiger partial charge in [-0.3, -0.25) is 9.69 Å². The van der Waals surface area contributed by atoms with Crippen LogP contribution in [0.4, 0.5) is 5.13 Å². The number of hydrogen-bond donors (Lipinski definition) is 1. The summed E-state index contributed by atoms with van der Waals surface area (Å²) in [6, 6.07) is 8.58. The van der Waals surface area contributed by atoms with Gasteiger partial charge in [-0.05, 0) is 25.3 Å². The van der Waals surface area contributed by atoms with Crippen LogP contribution in [-0.4, -0.2) is 59.4 Å². The maximum Gasteiger partial charge on any atom is 0.223 e. The molecule has 1 N–H and O–H groups in total. The lowest BCUT2D eigenvalue weighted by molar-refractivity contribution is -0.125. The molecular formula is C24H37N5OS. The summed E-state index contributed by atoms with van der Waals surface area (Å²) < 4.78 is 4.57. The van der Waals surface area contributed by atoms with Crippen LogP contribution in [0.5, 0.6) is 0 Å². The van der Waals surface area contributed by atoms with Gasteiger partial charge in [0.15, 0.2) is 0 Å². The molecule has 2 heterocycles. The minimum atomic E-state index is 0.170. The molecule has 0 saturated carbocycles. The Hall–Kier alpha value is -1.99. The summed E-state index contributed by atoms with van der Waals surface area (Å²) in [5.74, 6) is 1.30. The van der Waals surface area contributed by atoms with Crippen LogP contribution in [0.2, 0.25) is 0 Å². The maximum atomic E-state index is 12.4.